The summed E-state index contributed by atoms with van der Waals surface area (Å²) in [5, 5.41) is 1.49. The first-order valence-corrected chi connectivity index (χ1v) is 32.0. The van der Waals surface area contributed by atoms with Gasteiger partial charge in [-0.3, -0.25) is 0 Å². The Morgan fingerprint density at radius 1 is 0.889 bits per heavy atom. The molecule has 1 atom stereocenters. The Morgan fingerprint density at radius 2 is 1.48 bits per heavy atom. The molecule has 5 heteroatoms. The van der Waals surface area contributed by atoms with Crippen LogP contribution in [-0.4, -0.2) is 41.7 Å². The zero-order valence-corrected chi connectivity index (χ0v) is 25.7. The molecule has 0 saturated heterocycles. The van der Waals surface area contributed by atoms with E-state index in [1.54, 1.807) is 10.5 Å². The predicted octanol–water partition coefficient (Wildman–Crippen LogP) is 7.29. The third-order valence-corrected chi connectivity index (χ3v) is 26.7. The van der Waals surface area contributed by atoms with Gasteiger partial charge in [0.15, 0.2) is 0 Å². The molecule has 0 aliphatic carbocycles. The Labute approximate surface area is 181 Å². The van der Waals surface area contributed by atoms with Gasteiger partial charge in [0, 0.05) is 0 Å². The number of pyridine rings is 1. The summed E-state index contributed by atoms with van der Waals surface area (Å²) in [4.78, 5) is 20.5. The zero-order chi connectivity index (χ0) is 20.0. The van der Waals surface area contributed by atoms with E-state index in [0.29, 0.717) is 5.92 Å². The first-order chi connectivity index (χ1) is 12.6. The molecule has 0 fully saturated rings. The van der Waals surface area contributed by atoms with Gasteiger partial charge in [0.05, 0.1) is 0 Å². The minimum atomic E-state index is -2.09. The first-order valence-electron chi connectivity index (χ1n) is 10.4. The van der Waals surface area contributed by atoms with E-state index < -0.39 is 36.8 Å². The van der Waals surface area contributed by atoms with E-state index in [1.165, 1.54) is 47.0 Å². The van der Waals surface area contributed by atoms with Crippen LogP contribution in [0.4, 0.5) is 0 Å². The molecule has 3 rings (SSSR count). The topological polar surface area (TPSA) is 12.9 Å². The van der Waals surface area contributed by atoms with Crippen LogP contribution in [-0.2, 0) is 0 Å². The van der Waals surface area contributed by atoms with E-state index in [-0.39, 0.29) is 0 Å². The van der Waals surface area contributed by atoms with Crippen LogP contribution in [0.3, 0.4) is 0 Å². The molecular weight excluding hydrogens is 580 g/mol. The minimum absolute atomic E-state index is 0.607. The monoisotopic (exact) mass is 617 g/mol. The van der Waals surface area contributed by atoms with E-state index in [2.05, 4.69) is 78.3 Å². The molecule has 0 N–H and O–H groups in total. The van der Waals surface area contributed by atoms with Crippen molar-refractivity contribution in [3.8, 4) is 0 Å². The molecule has 3 heterocycles. The van der Waals surface area contributed by atoms with Gasteiger partial charge in [0.2, 0.25) is 0 Å². The van der Waals surface area contributed by atoms with Crippen LogP contribution < -0.4 is 5.79 Å². The van der Waals surface area contributed by atoms with Crippen molar-refractivity contribution in [2.45, 2.75) is 75.1 Å². The molecule has 0 spiro atoms. The van der Waals surface area contributed by atoms with Crippen molar-refractivity contribution in [1.82, 2.24) is 4.98 Å². The molecule has 27 heavy (non-hydrogen) atoms. The van der Waals surface area contributed by atoms with Crippen LogP contribution in [0.15, 0.2) is 12.1 Å². The number of nitrogens with zero attached hydrogens (tertiary/aromatic N) is 1. The molecular formula is C22H35NS2Sn2. The summed E-state index contributed by atoms with van der Waals surface area (Å²) in [5.41, 5.74) is 2.69. The predicted molar refractivity (Wildman–Crippen MR) is 134 cm³/mol. The van der Waals surface area contributed by atoms with Crippen molar-refractivity contribution in [2.24, 2.45) is 0 Å². The first kappa shape index (κ1) is 22.4. The summed E-state index contributed by atoms with van der Waals surface area (Å²) in [7, 11) is 0. The van der Waals surface area contributed by atoms with Crippen molar-refractivity contribution in [3.05, 3.63) is 17.8 Å². The van der Waals surface area contributed by atoms with Crippen LogP contribution in [0, 0.1) is 0 Å². The molecule has 0 aliphatic rings. The standard InChI is InChI=1S/C16H17NS2.6CH3.2Sn/c1-3-5-6-11(4-2)14-12-7-9-18-15(12)16-13(17-14)8-10-19-16;;;;;;;;/h7-8,11H,3-6H2,1-2H3;6*1H3;;. The molecule has 3 aromatic heterocycles. The van der Waals surface area contributed by atoms with Gasteiger partial charge in [-0.25, -0.2) is 0 Å². The fourth-order valence-corrected chi connectivity index (χ4v) is 16.4. The molecule has 148 valence electrons. The number of hydrogen-bond donors (Lipinski definition) is 0. The molecule has 0 radical (unpaired) electrons. The Bertz CT molecular complexity index is 941. The second-order valence-corrected chi connectivity index (χ2v) is 42.9. The third-order valence-electron chi connectivity index (χ3n) is 5.43. The van der Waals surface area contributed by atoms with Crippen LogP contribution in [0.5, 0.6) is 0 Å². The summed E-state index contributed by atoms with van der Waals surface area (Å²) < 4.78 is 6.40. The molecule has 0 saturated carbocycles. The van der Waals surface area contributed by atoms with Crippen LogP contribution >= 0.6 is 22.7 Å². The van der Waals surface area contributed by atoms with Gasteiger partial charge in [0.25, 0.3) is 0 Å². The molecule has 0 aromatic carbocycles. The number of fused-ring (bicyclic) bond motifs is 3. The van der Waals surface area contributed by atoms with Crippen molar-refractivity contribution in [2.75, 3.05) is 0 Å². The summed E-state index contributed by atoms with van der Waals surface area (Å²) in [6.45, 7) is 4.65. The maximum absolute atomic E-state index is 5.33. The SMILES string of the molecule is CCCCC(CC)c1nc2c[c]([Sn]([CH3])([CH3])[CH3])sc2c2s[c]([Sn]([CH3])([CH3])[CH3])cc12. The van der Waals surface area contributed by atoms with Gasteiger partial charge in [-0.2, -0.15) is 0 Å². The fraction of sp³-hybridized carbons (Fsp3) is 0.591. The average molecular weight is 615 g/mol. The summed E-state index contributed by atoms with van der Waals surface area (Å²) in [5.74, 6) is 0.607. The van der Waals surface area contributed by atoms with Gasteiger partial charge in [-0.15, -0.1) is 0 Å². The van der Waals surface area contributed by atoms with Gasteiger partial charge in [0.1, 0.15) is 0 Å². The Hall–Kier alpha value is 0.667. The Morgan fingerprint density at radius 3 is 2.04 bits per heavy atom. The van der Waals surface area contributed by atoms with Crippen molar-refractivity contribution in [1.29, 1.82) is 0 Å². The fourth-order valence-electron chi connectivity index (χ4n) is 3.60. The third kappa shape index (κ3) is 4.71. The van der Waals surface area contributed by atoms with Crippen LogP contribution in [0.1, 0.15) is 51.1 Å². The van der Waals surface area contributed by atoms with E-state index >= 15 is 0 Å². The Kier molecular flexibility index (Phi) is 6.97. The summed E-state index contributed by atoms with van der Waals surface area (Å²) in [6.07, 6.45) is 5.06. The van der Waals surface area contributed by atoms with Crippen molar-refractivity contribution >= 4 is 85.5 Å². The van der Waals surface area contributed by atoms with Crippen molar-refractivity contribution in [3.63, 3.8) is 0 Å². The van der Waals surface area contributed by atoms with Crippen LogP contribution in [0.2, 0.25) is 29.6 Å². The van der Waals surface area contributed by atoms with Gasteiger partial charge in [-0.05, 0) is 0 Å². The molecule has 0 amide bonds. The average Bonchev–Trinajstić information content (AvgIpc) is 3.18. The van der Waals surface area contributed by atoms with Gasteiger partial charge >= 0.3 is 183 Å². The normalized spacial score (nSPS) is 14.4. The number of thiophene rings is 2. The summed E-state index contributed by atoms with van der Waals surface area (Å²) in [6, 6.07) is 5.03. The summed E-state index contributed by atoms with van der Waals surface area (Å²) >= 11 is 0.00614. The molecule has 3 aromatic rings. The second kappa shape index (κ2) is 8.42. The molecule has 1 nitrogen and oxygen atoms in total. The number of aromatic nitrogens is 1. The van der Waals surface area contributed by atoms with Crippen molar-refractivity contribution < 1.29 is 0 Å². The molecule has 1 unspecified atom stereocenters. The number of hydrogen-bond acceptors (Lipinski definition) is 3. The quantitative estimate of drug-likeness (QED) is 0.255. The number of rotatable bonds is 7. The Balaban J connectivity index is 2.30. The van der Waals surface area contributed by atoms with Gasteiger partial charge in [-0.1, -0.05) is 0 Å². The maximum atomic E-state index is 5.33. The van der Waals surface area contributed by atoms with Gasteiger partial charge < -0.3 is 0 Å². The van der Waals surface area contributed by atoms with E-state index in [1.807, 2.05) is 0 Å². The molecule has 0 bridgehead atoms. The zero-order valence-electron chi connectivity index (χ0n) is 18.3. The van der Waals surface area contributed by atoms with E-state index in [9.17, 15) is 0 Å². The van der Waals surface area contributed by atoms with E-state index in [0.717, 1.165) is 0 Å². The number of unbranched alkanes of at least 4 members (excludes halogenated alkanes) is 1. The molecule has 0 aliphatic heterocycles. The second-order valence-electron chi connectivity index (χ2n) is 9.92. The van der Waals surface area contributed by atoms with E-state index in [4.69, 9.17) is 4.98 Å². The van der Waals surface area contributed by atoms with Crippen LogP contribution in [0.25, 0.3) is 20.3 Å².